The topological polar surface area (TPSA) is 52.7 Å². The quantitative estimate of drug-likeness (QED) is 0.848. The maximum Gasteiger partial charge on any atom is 0.229 e. The summed E-state index contributed by atoms with van der Waals surface area (Å²) < 4.78 is 0. The number of carbonyl (C=O) groups excluding carboxylic acids is 2. The zero-order chi connectivity index (χ0) is 15.5. The standard InChI is InChI=1S/C16H29N3O2/c1-13(2)11-14(20)18-7-9-19(10-8-18)15(21)16(3)5-4-6-17-12-16/h13,17H,4-12H2,1-3H3. The van der Waals surface area contributed by atoms with Gasteiger partial charge in [0.1, 0.15) is 0 Å². The molecule has 0 bridgehead atoms. The summed E-state index contributed by atoms with van der Waals surface area (Å²) in [6.45, 7) is 10.7. The lowest BCUT2D eigenvalue weighted by atomic mass is 9.81. The minimum absolute atomic E-state index is 0.225. The van der Waals surface area contributed by atoms with E-state index in [1.807, 2.05) is 9.80 Å². The number of carbonyl (C=O) groups is 2. The van der Waals surface area contributed by atoms with Crippen molar-refractivity contribution in [2.75, 3.05) is 39.3 Å². The van der Waals surface area contributed by atoms with Crippen molar-refractivity contribution in [3.8, 4) is 0 Å². The zero-order valence-electron chi connectivity index (χ0n) is 13.7. The normalized spacial score (nSPS) is 27.0. The summed E-state index contributed by atoms with van der Waals surface area (Å²) in [6, 6.07) is 0. The molecule has 2 aliphatic rings. The van der Waals surface area contributed by atoms with E-state index in [0.29, 0.717) is 38.5 Å². The highest BCUT2D eigenvalue weighted by atomic mass is 16.2. The molecule has 0 aliphatic carbocycles. The summed E-state index contributed by atoms with van der Waals surface area (Å²) in [5.41, 5.74) is -0.262. The highest BCUT2D eigenvalue weighted by molar-refractivity contribution is 5.83. The first-order valence-corrected chi connectivity index (χ1v) is 8.20. The van der Waals surface area contributed by atoms with E-state index in [2.05, 4.69) is 26.1 Å². The van der Waals surface area contributed by atoms with Crippen LogP contribution in [0.5, 0.6) is 0 Å². The Kier molecular flexibility index (Phi) is 5.25. The fourth-order valence-corrected chi connectivity index (χ4v) is 3.26. The monoisotopic (exact) mass is 295 g/mol. The van der Waals surface area contributed by atoms with Crippen LogP contribution in [0.3, 0.4) is 0 Å². The number of amides is 2. The first-order valence-electron chi connectivity index (χ1n) is 8.20. The van der Waals surface area contributed by atoms with Crippen LogP contribution in [0, 0.1) is 11.3 Å². The summed E-state index contributed by atoms with van der Waals surface area (Å²) in [4.78, 5) is 28.6. The molecule has 0 aromatic heterocycles. The van der Waals surface area contributed by atoms with Crippen LogP contribution in [-0.2, 0) is 9.59 Å². The minimum atomic E-state index is -0.262. The molecule has 1 unspecified atom stereocenters. The Labute approximate surface area is 128 Å². The van der Waals surface area contributed by atoms with Gasteiger partial charge in [-0.05, 0) is 32.2 Å². The van der Waals surface area contributed by atoms with E-state index >= 15 is 0 Å². The van der Waals surface area contributed by atoms with Crippen LogP contribution in [0.4, 0.5) is 0 Å². The Hall–Kier alpha value is -1.10. The van der Waals surface area contributed by atoms with Crippen molar-refractivity contribution < 1.29 is 9.59 Å². The molecule has 5 heteroatoms. The SMILES string of the molecule is CC(C)CC(=O)N1CCN(C(=O)C2(C)CCCNC2)CC1. The third-order valence-electron chi connectivity index (χ3n) is 4.62. The van der Waals surface area contributed by atoms with E-state index in [1.54, 1.807) is 0 Å². The molecule has 21 heavy (non-hydrogen) atoms. The van der Waals surface area contributed by atoms with Crippen LogP contribution < -0.4 is 5.32 Å². The molecular weight excluding hydrogens is 266 g/mol. The second kappa shape index (κ2) is 6.77. The summed E-state index contributed by atoms with van der Waals surface area (Å²) in [5, 5.41) is 3.33. The lowest BCUT2D eigenvalue weighted by Gasteiger charge is -2.41. The average Bonchev–Trinajstić information content (AvgIpc) is 2.46. The summed E-state index contributed by atoms with van der Waals surface area (Å²) in [7, 11) is 0. The third kappa shape index (κ3) is 3.96. The number of piperazine rings is 1. The molecule has 2 amide bonds. The Morgan fingerprint density at radius 2 is 1.76 bits per heavy atom. The molecule has 120 valence electrons. The number of nitrogens with one attached hydrogen (secondary N) is 1. The number of piperidine rings is 1. The van der Waals surface area contributed by atoms with Crippen molar-refractivity contribution in [3.05, 3.63) is 0 Å². The van der Waals surface area contributed by atoms with Crippen LogP contribution in [0.1, 0.15) is 40.0 Å². The van der Waals surface area contributed by atoms with E-state index in [1.165, 1.54) is 0 Å². The lowest BCUT2D eigenvalue weighted by molar-refractivity contribution is -0.147. The molecule has 1 N–H and O–H groups in total. The van der Waals surface area contributed by atoms with Crippen LogP contribution in [0.2, 0.25) is 0 Å². The van der Waals surface area contributed by atoms with E-state index in [9.17, 15) is 9.59 Å². The fraction of sp³-hybridized carbons (Fsp3) is 0.875. The van der Waals surface area contributed by atoms with E-state index < -0.39 is 0 Å². The molecule has 2 aliphatic heterocycles. The molecule has 2 rings (SSSR count). The van der Waals surface area contributed by atoms with Gasteiger partial charge in [0.05, 0.1) is 5.41 Å². The average molecular weight is 295 g/mol. The van der Waals surface area contributed by atoms with Gasteiger partial charge in [-0.2, -0.15) is 0 Å². The predicted octanol–water partition coefficient (Wildman–Crippen LogP) is 1.09. The van der Waals surface area contributed by atoms with Crippen molar-refractivity contribution in [2.24, 2.45) is 11.3 Å². The van der Waals surface area contributed by atoms with Gasteiger partial charge < -0.3 is 15.1 Å². The van der Waals surface area contributed by atoms with Crippen molar-refractivity contribution in [1.82, 2.24) is 15.1 Å². The van der Waals surface area contributed by atoms with Gasteiger partial charge in [0.15, 0.2) is 0 Å². The van der Waals surface area contributed by atoms with Crippen LogP contribution in [0.15, 0.2) is 0 Å². The van der Waals surface area contributed by atoms with Gasteiger partial charge in [-0.1, -0.05) is 13.8 Å². The molecule has 0 spiro atoms. The van der Waals surface area contributed by atoms with Crippen molar-refractivity contribution in [1.29, 1.82) is 0 Å². The highest BCUT2D eigenvalue weighted by Gasteiger charge is 2.38. The fourth-order valence-electron chi connectivity index (χ4n) is 3.26. The van der Waals surface area contributed by atoms with E-state index in [-0.39, 0.29) is 17.2 Å². The van der Waals surface area contributed by atoms with Crippen molar-refractivity contribution in [3.63, 3.8) is 0 Å². The number of hydrogen-bond acceptors (Lipinski definition) is 3. The maximum atomic E-state index is 12.7. The van der Waals surface area contributed by atoms with Gasteiger partial charge in [-0.25, -0.2) is 0 Å². The highest BCUT2D eigenvalue weighted by Crippen LogP contribution is 2.28. The molecule has 2 heterocycles. The van der Waals surface area contributed by atoms with Crippen molar-refractivity contribution >= 4 is 11.8 Å². The first kappa shape index (κ1) is 16.3. The summed E-state index contributed by atoms with van der Waals surface area (Å²) in [5.74, 6) is 0.873. The molecule has 0 aromatic rings. The molecular formula is C16H29N3O2. The van der Waals surface area contributed by atoms with Gasteiger partial charge in [0.25, 0.3) is 0 Å². The van der Waals surface area contributed by atoms with Gasteiger partial charge in [-0.15, -0.1) is 0 Å². The smallest absolute Gasteiger partial charge is 0.229 e. The Bertz CT molecular complexity index is 381. The van der Waals surface area contributed by atoms with Gasteiger partial charge >= 0.3 is 0 Å². The third-order valence-corrected chi connectivity index (χ3v) is 4.62. The van der Waals surface area contributed by atoms with Gasteiger partial charge in [-0.3, -0.25) is 9.59 Å². The van der Waals surface area contributed by atoms with E-state index in [0.717, 1.165) is 25.9 Å². The predicted molar refractivity (Wildman–Crippen MR) is 82.8 cm³/mol. The summed E-state index contributed by atoms with van der Waals surface area (Å²) >= 11 is 0. The van der Waals surface area contributed by atoms with Crippen LogP contribution in [0.25, 0.3) is 0 Å². The number of hydrogen-bond donors (Lipinski definition) is 1. The number of nitrogens with zero attached hydrogens (tertiary/aromatic N) is 2. The van der Waals surface area contributed by atoms with Crippen molar-refractivity contribution in [2.45, 2.75) is 40.0 Å². The van der Waals surface area contributed by atoms with Gasteiger partial charge in [0.2, 0.25) is 11.8 Å². The Morgan fingerprint density at radius 1 is 1.14 bits per heavy atom. The second-order valence-electron chi connectivity index (χ2n) is 7.11. The largest absolute Gasteiger partial charge is 0.339 e. The molecule has 2 saturated heterocycles. The minimum Gasteiger partial charge on any atom is -0.339 e. The molecule has 0 aromatic carbocycles. The summed E-state index contributed by atoms with van der Waals surface area (Å²) in [6.07, 6.45) is 2.63. The van der Waals surface area contributed by atoms with Crippen LogP contribution >= 0.6 is 0 Å². The lowest BCUT2D eigenvalue weighted by Crippen LogP contribution is -2.56. The second-order valence-corrected chi connectivity index (χ2v) is 7.11. The van der Waals surface area contributed by atoms with E-state index in [4.69, 9.17) is 0 Å². The van der Waals surface area contributed by atoms with Crippen LogP contribution in [-0.4, -0.2) is 60.9 Å². The molecule has 0 saturated carbocycles. The van der Waals surface area contributed by atoms with Gasteiger partial charge in [0, 0.05) is 39.1 Å². The molecule has 0 radical (unpaired) electrons. The Morgan fingerprint density at radius 3 is 2.29 bits per heavy atom. The molecule has 2 fully saturated rings. The first-order chi connectivity index (χ1) is 9.92. The number of rotatable bonds is 3. The maximum absolute atomic E-state index is 12.7. The zero-order valence-corrected chi connectivity index (χ0v) is 13.7. The molecule has 1 atom stereocenters. The molecule has 5 nitrogen and oxygen atoms in total. The Balaban J connectivity index is 1.86.